The molecule has 6 heteroatoms. The van der Waals surface area contributed by atoms with Crippen molar-refractivity contribution in [3.8, 4) is 0 Å². The fourth-order valence-corrected chi connectivity index (χ4v) is 1.33. The first-order valence-electron chi connectivity index (χ1n) is 4.53. The van der Waals surface area contributed by atoms with Crippen molar-refractivity contribution >= 4 is 5.97 Å². The predicted octanol–water partition coefficient (Wildman–Crippen LogP) is 1.34. The summed E-state index contributed by atoms with van der Waals surface area (Å²) in [6.45, 7) is 1.50. The molecule has 4 nitrogen and oxygen atoms in total. The molecule has 0 aliphatic rings. The standard InChI is InChI=1S/C10H11F2NO3/c1-5-3-7(14)6(4-8(15)16-2)9(13-5)10(11)12/h3,10H,4H2,1-2H3,(H,13,14). The molecule has 1 heterocycles. The Hall–Kier alpha value is -1.72. The number of alkyl halides is 2. The minimum Gasteiger partial charge on any atom is -0.469 e. The summed E-state index contributed by atoms with van der Waals surface area (Å²) >= 11 is 0. The smallest absolute Gasteiger partial charge is 0.310 e. The maximum atomic E-state index is 12.6. The molecule has 0 unspecified atom stereocenters. The molecule has 0 aliphatic heterocycles. The second-order valence-corrected chi connectivity index (χ2v) is 3.26. The highest BCUT2D eigenvalue weighted by atomic mass is 19.3. The third-order valence-corrected chi connectivity index (χ3v) is 2.07. The van der Waals surface area contributed by atoms with E-state index in [1.54, 1.807) is 0 Å². The fourth-order valence-electron chi connectivity index (χ4n) is 1.33. The molecular weight excluding hydrogens is 220 g/mol. The largest absolute Gasteiger partial charge is 0.469 e. The monoisotopic (exact) mass is 231 g/mol. The number of H-pyrrole nitrogens is 1. The number of carbonyl (C=O) groups is 1. The maximum absolute atomic E-state index is 12.6. The number of esters is 1. The van der Waals surface area contributed by atoms with Gasteiger partial charge in [-0.3, -0.25) is 9.59 Å². The summed E-state index contributed by atoms with van der Waals surface area (Å²) in [5.41, 5.74) is -1.02. The van der Waals surface area contributed by atoms with Crippen molar-refractivity contribution in [2.24, 2.45) is 0 Å². The van der Waals surface area contributed by atoms with Gasteiger partial charge >= 0.3 is 5.97 Å². The van der Waals surface area contributed by atoms with Crippen LogP contribution in [0.15, 0.2) is 10.9 Å². The van der Waals surface area contributed by atoms with Crippen LogP contribution in [0.5, 0.6) is 0 Å². The van der Waals surface area contributed by atoms with Crippen LogP contribution < -0.4 is 5.43 Å². The average molecular weight is 231 g/mol. The molecule has 16 heavy (non-hydrogen) atoms. The van der Waals surface area contributed by atoms with Crippen molar-refractivity contribution in [2.45, 2.75) is 19.8 Å². The Balaban J connectivity index is 3.24. The van der Waals surface area contributed by atoms with Crippen molar-refractivity contribution in [1.82, 2.24) is 4.98 Å². The van der Waals surface area contributed by atoms with Gasteiger partial charge in [0.25, 0.3) is 6.43 Å². The third kappa shape index (κ3) is 2.65. The number of hydrogen-bond acceptors (Lipinski definition) is 3. The quantitative estimate of drug-likeness (QED) is 0.798. The van der Waals surface area contributed by atoms with Crippen LogP contribution in [0.2, 0.25) is 0 Å². The lowest BCUT2D eigenvalue weighted by Gasteiger charge is -2.08. The summed E-state index contributed by atoms with van der Waals surface area (Å²) in [6, 6.07) is 1.17. The van der Waals surface area contributed by atoms with Gasteiger partial charge in [0.05, 0.1) is 19.2 Å². The molecule has 1 aromatic rings. The van der Waals surface area contributed by atoms with E-state index in [0.29, 0.717) is 5.69 Å². The summed E-state index contributed by atoms with van der Waals surface area (Å²) in [7, 11) is 1.13. The zero-order chi connectivity index (χ0) is 12.3. The van der Waals surface area contributed by atoms with Crippen molar-refractivity contribution in [2.75, 3.05) is 7.11 Å². The van der Waals surface area contributed by atoms with Crippen LogP contribution in [-0.4, -0.2) is 18.1 Å². The van der Waals surface area contributed by atoms with E-state index in [1.807, 2.05) is 0 Å². The fraction of sp³-hybridized carbons (Fsp3) is 0.400. The number of ether oxygens (including phenoxy) is 1. The molecule has 0 atom stereocenters. The molecule has 0 radical (unpaired) electrons. The van der Waals surface area contributed by atoms with Crippen LogP contribution in [0.4, 0.5) is 8.78 Å². The summed E-state index contributed by atoms with van der Waals surface area (Å²) < 4.78 is 29.6. The molecule has 1 rings (SSSR count). The van der Waals surface area contributed by atoms with Gasteiger partial charge in [-0.05, 0) is 6.92 Å². The SMILES string of the molecule is COC(=O)Cc1c(C(F)F)[nH]c(C)cc1=O. The van der Waals surface area contributed by atoms with Gasteiger partial charge in [0.1, 0.15) is 0 Å². The highest BCUT2D eigenvalue weighted by Gasteiger charge is 2.19. The minimum atomic E-state index is -2.83. The summed E-state index contributed by atoms with van der Waals surface area (Å²) in [6.07, 6.45) is -3.28. The molecule has 1 aromatic heterocycles. The zero-order valence-corrected chi connectivity index (χ0v) is 8.84. The first-order chi connectivity index (χ1) is 7.45. The molecular formula is C10H11F2NO3. The van der Waals surface area contributed by atoms with E-state index in [9.17, 15) is 18.4 Å². The van der Waals surface area contributed by atoms with Gasteiger partial charge in [-0.25, -0.2) is 8.78 Å². The molecule has 0 amide bonds. The second kappa shape index (κ2) is 4.87. The molecule has 0 saturated heterocycles. The van der Waals surface area contributed by atoms with E-state index in [2.05, 4.69) is 9.72 Å². The normalized spacial score (nSPS) is 10.6. The number of methoxy groups -OCH3 is 1. The van der Waals surface area contributed by atoms with Crippen molar-refractivity contribution < 1.29 is 18.3 Å². The Morgan fingerprint density at radius 1 is 1.56 bits per heavy atom. The molecule has 1 N–H and O–H groups in total. The third-order valence-electron chi connectivity index (χ3n) is 2.07. The van der Waals surface area contributed by atoms with Crippen molar-refractivity contribution in [3.05, 3.63) is 33.2 Å². The number of aromatic amines is 1. The number of pyridine rings is 1. The first-order valence-corrected chi connectivity index (χ1v) is 4.53. The Kier molecular flexibility index (Phi) is 3.76. The minimum absolute atomic E-state index is 0.243. The summed E-state index contributed by atoms with van der Waals surface area (Å²) in [5, 5.41) is 0. The van der Waals surface area contributed by atoms with E-state index in [4.69, 9.17) is 0 Å². The topological polar surface area (TPSA) is 59.2 Å². The maximum Gasteiger partial charge on any atom is 0.310 e. The number of carbonyl (C=O) groups excluding carboxylic acids is 1. The predicted molar refractivity (Wildman–Crippen MR) is 52.5 cm³/mol. The molecule has 88 valence electrons. The molecule has 0 fully saturated rings. The van der Waals surface area contributed by atoms with Crippen LogP contribution >= 0.6 is 0 Å². The number of aromatic nitrogens is 1. The van der Waals surface area contributed by atoms with E-state index in [0.717, 1.165) is 7.11 Å². The number of nitrogens with one attached hydrogen (secondary N) is 1. The van der Waals surface area contributed by atoms with Crippen LogP contribution in [0.1, 0.15) is 23.4 Å². The lowest BCUT2D eigenvalue weighted by atomic mass is 10.1. The second-order valence-electron chi connectivity index (χ2n) is 3.26. The van der Waals surface area contributed by atoms with Crippen molar-refractivity contribution in [1.29, 1.82) is 0 Å². The summed E-state index contributed by atoms with van der Waals surface area (Å²) in [5.74, 6) is -0.726. The van der Waals surface area contributed by atoms with E-state index < -0.39 is 29.9 Å². The highest BCUT2D eigenvalue weighted by Crippen LogP contribution is 2.19. The molecule has 0 aromatic carbocycles. The Morgan fingerprint density at radius 3 is 2.69 bits per heavy atom. The van der Waals surface area contributed by atoms with Crippen molar-refractivity contribution in [3.63, 3.8) is 0 Å². The molecule has 0 bridgehead atoms. The van der Waals surface area contributed by atoms with Gasteiger partial charge in [-0.15, -0.1) is 0 Å². The van der Waals surface area contributed by atoms with Gasteiger partial charge in [-0.1, -0.05) is 0 Å². The molecule has 0 spiro atoms. The van der Waals surface area contributed by atoms with E-state index in [1.165, 1.54) is 13.0 Å². The number of halogens is 2. The van der Waals surface area contributed by atoms with Gasteiger partial charge < -0.3 is 9.72 Å². The van der Waals surface area contributed by atoms with Gasteiger partial charge in [0.2, 0.25) is 0 Å². The Morgan fingerprint density at radius 2 is 2.19 bits per heavy atom. The highest BCUT2D eigenvalue weighted by molar-refractivity contribution is 5.72. The van der Waals surface area contributed by atoms with Crippen LogP contribution in [0.25, 0.3) is 0 Å². The lowest BCUT2D eigenvalue weighted by Crippen LogP contribution is -2.19. The lowest BCUT2D eigenvalue weighted by molar-refractivity contribution is -0.139. The zero-order valence-electron chi connectivity index (χ0n) is 8.84. The number of aryl methyl sites for hydroxylation is 1. The number of hydrogen-bond donors (Lipinski definition) is 1. The van der Waals surface area contributed by atoms with Gasteiger partial charge in [0, 0.05) is 17.3 Å². The Bertz CT molecular complexity index is 454. The summed E-state index contributed by atoms with van der Waals surface area (Å²) in [4.78, 5) is 24.8. The molecule has 0 aliphatic carbocycles. The van der Waals surface area contributed by atoms with Gasteiger partial charge in [-0.2, -0.15) is 0 Å². The average Bonchev–Trinajstić information content (AvgIpc) is 2.20. The Labute approximate surface area is 90.2 Å². The first kappa shape index (κ1) is 12.4. The van der Waals surface area contributed by atoms with Crippen LogP contribution in [0.3, 0.4) is 0 Å². The number of rotatable bonds is 3. The van der Waals surface area contributed by atoms with E-state index in [-0.39, 0.29) is 5.56 Å². The van der Waals surface area contributed by atoms with Crippen LogP contribution in [-0.2, 0) is 16.0 Å². The van der Waals surface area contributed by atoms with Gasteiger partial charge in [0.15, 0.2) is 5.43 Å². The van der Waals surface area contributed by atoms with E-state index >= 15 is 0 Å². The molecule has 0 saturated carbocycles. The van der Waals surface area contributed by atoms with Crippen LogP contribution in [0, 0.1) is 6.92 Å².